The summed E-state index contributed by atoms with van der Waals surface area (Å²) < 4.78 is 0. The zero-order valence-corrected chi connectivity index (χ0v) is 9.70. The topological polar surface area (TPSA) is 92.9 Å². The number of nitrogens with one attached hydrogen (secondary N) is 2. The molecule has 0 saturated heterocycles. The molecule has 0 aliphatic carbocycles. The molecule has 0 bridgehead atoms. The highest BCUT2D eigenvalue weighted by Gasteiger charge is 2.11. The van der Waals surface area contributed by atoms with Gasteiger partial charge in [-0.2, -0.15) is 0 Å². The van der Waals surface area contributed by atoms with E-state index in [2.05, 4.69) is 20.7 Å². The number of anilines is 1. The highest BCUT2D eigenvalue weighted by atomic mass is 32.1. The van der Waals surface area contributed by atoms with Crippen LogP contribution in [0.4, 0.5) is 5.82 Å². The van der Waals surface area contributed by atoms with E-state index in [1.54, 1.807) is 24.5 Å². The van der Waals surface area contributed by atoms with Gasteiger partial charge in [-0.05, 0) is 12.1 Å². The van der Waals surface area contributed by atoms with Gasteiger partial charge in [0.1, 0.15) is 5.01 Å². The Hall–Kier alpha value is -1.99. The van der Waals surface area contributed by atoms with Gasteiger partial charge >= 0.3 is 0 Å². The maximum absolute atomic E-state index is 11.8. The Morgan fingerprint density at radius 3 is 3.00 bits per heavy atom. The van der Waals surface area contributed by atoms with Crippen molar-refractivity contribution in [3.05, 3.63) is 40.5 Å². The molecule has 0 spiro atoms. The minimum atomic E-state index is -0.235. The molecule has 2 heterocycles. The molecule has 0 aliphatic rings. The average molecular weight is 249 g/mol. The minimum Gasteiger partial charge on any atom is -0.345 e. The first kappa shape index (κ1) is 11.5. The third-order valence-corrected chi connectivity index (χ3v) is 2.85. The van der Waals surface area contributed by atoms with Crippen molar-refractivity contribution in [1.82, 2.24) is 15.3 Å². The largest absolute Gasteiger partial charge is 0.345 e. The predicted octanol–water partition coefficient (Wildman–Crippen LogP) is 0.754. The van der Waals surface area contributed by atoms with Crippen LogP contribution >= 0.6 is 11.3 Å². The minimum absolute atomic E-state index is 0.235. The van der Waals surface area contributed by atoms with Crippen LogP contribution < -0.4 is 16.6 Å². The summed E-state index contributed by atoms with van der Waals surface area (Å²) in [5, 5.41) is 5.46. The Morgan fingerprint density at radius 1 is 1.41 bits per heavy atom. The number of nitrogen functional groups attached to an aromatic ring is 1. The van der Waals surface area contributed by atoms with Gasteiger partial charge in [0.25, 0.3) is 5.91 Å². The first-order valence-corrected chi connectivity index (χ1v) is 5.77. The fourth-order valence-corrected chi connectivity index (χ4v) is 1.85. The monoisotopic (exact) mass is 249 g/mol. The van der Waals surface area contributed by atoms with Crippen molar-refractivity contribution in [3.8, 4) is 0 Å². The normalized spacial score (nSPS) is 9.94. The number of carbonyl (C=O) groups is 1. The summed E-state index contributed by atoms with van der Waals surface area (Å²) in [4.78, 5) is 19.9. The number of thiazole rings is 1. The number of amides is 1. The zero-order valence-electron chi connectivity index (χ0n) is 8.88. The summed E-state index contributed by atoms with van der Waals surface area (Å²) >= 11 is 1.49. The summed E-state index contributed by atoms with van der Waals surface area (Å²) in [7, 11) is 0. The van der Waals surface area contributed by atoms with Crippen LogP contribution in [0.15, 0.2) is 29.9 Å². The highest BCUT2D eigenvalue weighted by molar-refractivity contribution is 7.09. The van der Waals surface area contributed by atoms with Gasteiger partial charge in [-0.3, -0.25) is 4.79 Å². The van der Waals surface area contributed by atoms with Crippen molar-refractivity contribution in [2.45, 2.75) is 6.54 Å². The lowest BCUT2D eigenvalue weighted by Gasteiger charge is -2.07. The molecule has 2 rings (SSSR count). The van der Waals surface area contributed by atoms with E-state index < -0.39 is 0 Å². The van der Waals surface area contributed by atoms with Crippen LogP contribution in [-0.4, -0.2) is 15.9 Å². The molecule has 0 aliphatic heterocycles. The number of carbonyl (C=O) groups excluding carboxylic acids is 1. The van der Waals surface area contributed by atoms with Crippen LogP contribution in [0.25, 0.3) is 0 Å². The molecule has 2 aromatic rings. The molecule has 0 aromatic carbocycles. The maximum Gasteiger partial charge on any atom is 0.255 e. The van der Waals surface area contributed by atoms with E-state index in [-0.39, 0.29) is 5.91 Å². The Labute approximate surface area is 102 Å². The van der Waals surface area contributed by atoms with Gasteiger partial charge in [-0.1, -0.05) is 0 Å². The SMILES string of the molecule is NNc1ncccc1C(=O)NCc1nccs1. The van der Waals surface area contributed by atoms with Gasteiger partial charge in [0.15, 0.2) is 5.82 Å². The van der Waals surface area contributed by atoms with E-state index in [9.17, 15) is 4.79 Å². The summed E-state index contributed by atoms with van der Waals surface area (Å²) in [6.07, 6.45) is 3.26. The number of nitrogens with zero attached hydrogens (tertiary/aromatic N) is 2. The lowest BCUT2D eigenvalue weighted by Crippen LogP contribution is -2.25. The zero-order chi connectivity index (χ0) is 12.1. The second kappa shape index (κ2) is 5.37. The Kier molecular flexibility index (Phi) is 3.63. The molecule has 0 atom stereocenters. The van der Waals surface area contributed by atoms with Crippen molar-refractivity contribution in [3.63, 3.8) is 0 Å². The second-order valence-electron chi connectivity index (χ2n) is 3.15. The van der Waals surface area contributed by atoms with Gasteiger partial charge in [-0.25, -0.2) is 15.8 Å². The number of nitrogens with two attached hydrogens (primary N) is 1. The number of pyridine rings is 1. The van der Waals surface area contributed by atoms with Gasteiger partial charge in [0.05, 0.1) is 12.1 Å². The molecule has 1 amide bonds. The first-order chi connectivity index (χ1) is 8.31. The molecule has 88 valence electrons. The fraction of sp³-hybridized carbons (Fsp3) is 0.100. The second-order valence-corrected chi connectivity index (χ2v) is 4.13. The molecule has 2 aromatic heterocycles. The third kappa shape index (κ3) is 2.77. The molecule has 0 unspecified atom stereocenters. The molecule has 0 fully saturated rings. The van der Waals surface area contributed by atoms with Crippen LogP contribution in [0.5, 0.6) is 0 Å². The standard InChI is InChI=1S/C10H11N5OS/c11-15-9-7(2-1-3-13-9)10(16)14-6-8-12-4-5-17-8/h1-5H,6,11H2,(H,13,15)(H,14,16). The lowest BCUT2D eigenvalue weighted by atomic mass is 10.2. The summed E-state index contributed by atoms with van der Waals surface area (Å²) in [6.45, 7) is 0.398. The number of hydrogen-bond acceptors (Lipinski definition) is 6. The molecule has 6 nitrogen and oxygen atoms in total. The van der Waals surface area contributed by atoms with Crippen LogP contribution in [0.3, 0.4) is 0 Å². The smallest absolute Gasteiger partial charge is 0.255 e. The summed E-state index contributed by atoms with van der Waals surface area (Å²) in [5.74, 6) is 5.39. The average Bonchev–Trinajstić information content (AvgIpc) is 2.89. The van der Waals surface area contributed by atoms with Crippen LogP contribution in [0.1, 0.15) is 15.4 Å². The van der Waals surface area contributed by atoms with E-state index in [0.29, 0.717) is 17.9 Å². The van der Waals surface area contributed by atoms with Gasteiger partial charge in [0.2, 0.25) is 0 Å². The van der Waals surface area contributed by atoms with Gasteiger partial charge in [0, 0.05) is 17.8 Å². The highest BCUT2D eigenvalue weighted by Crippen LogP contribution is 2.10. The molecule has 7 heteroatoms. The number of hydrogen-bond donors (Lipinski definition) is 3. The number of aromatic nitrogens is 2. The Bertz CT molecular complexity index is 499. The van der Waals surface area contributed by atoms with Crippen molar-refractivity contribution in [1.29, 1.82) is 0 Å². The summed E-state index contributed by atoms with van der Waals surface area (Å²) in [6, 6.07) is 3.33. The number of rotatable bonds is 4. The van der Waals surface area contributed by atoms with Crippen LogP contribution in [0, 0.1) is 0 Å². The first-order valence-electron chi connectivity index (χ1n) is 4.89. The summed E-state index contributed by atoms with van der Waals surface area (Å²) in [5.41, 5.74) is 2.79. The van der Waals surface area contributed by atoms with Crippen molar-refractivity contribution >= 4 is 23.1 Å². The molecule has 17 heavy (non-hydrogen) atoms. The van der Waals surface area contributed by atoms with Gasteiger partial charge < -0.3 is 10.7 Å². The molecule has 4 N–H and O–H groups in total. The molecule has 0 radical (unpaired) electrons. The molecular weight excluding hydrogens is 238 g/mol. The quantitative estimate of drug-likeness (QED) is 0.549. The number of hydrazine groups is 1. The maximum atomic E-state index is 11.8. The van der Waals surface area contributed by atoms with E-state index in [1.165, 1.54) is 11.3 Å². The Balaban J connectivity index is 2.04. The third-order valence-electron chi connectivity index (χ3n) is 2.07. The van der Waals surface area contributed by atoms with Crippen molar-refractivity contribution in [2.24, 2.45) is 5.84 Å². The van der Waals surface area contributed by atoms with Gasteiger partial charge in [-0.15, -0.1) is 11.3 Å². The fourth-order valence-electron chi connectivity index (χ4n) is 1.29. The van der Waals surface area contributed by atoms with E-state index in [0.717, 1.165) is 5.01 Å². The van der Waals surface area contributed by atoms with E-state index >= 15 is 0 Å². The van der Waals surface area contributed by atoms with E-state index in [4.69, 9.17) is 5.84 Å². The van der Waals surface area contributed by atoms with Crippen molar-refractivity contribution < 1.29 is 4.79 Å². The molecular formula is C10H11N5OS. The lowest BCUT2D eigenvalue weighted by molar-refractivity contribution is 0.0951. The molecule has 0 saturated carbocycles. The van der Waals surface area contributed by atoms with Crippen molar-refractivity contribution in [2.75, 3.05) is 5.43 Å². The Morgan fingerprint density at radius 2 is 2.29 bits per heavy atom. The van der Waals surface area contributed by atoms with E-state index in [1.807, 2.05) is 5.38 Å². The van der Waals surface area contributed by atoms with Crippen LogP contribution in [0.2, 0.25) is 0 Å². The van der Waals surface area contributed by atoms with Crippen LogP contribution in [-0.2, 0) is 6.54 Å². The predicted molar refractivity (Wildman–Crippen MR) is 65.3 cm³/mol.